The number of methoxy groups -OCH3 is 1. The summed E-state index contributed by atoms with van der Waals surface area (Å²) in [6.07, 6.45) is 3.33. The Morgan fingerprint density at radius 3 is 2.71 bits per heavy atom. The molecule has 0 bridgehead atoms. The molecule has 34 heavy (non-hydrogen) atoms. The number of amides is 1. The highest BCUT2D eigenvalue weighted by molar-refractivity contribution is 6.30. The van der Waals surface area contributed by atoms with E-state index >= 15 is 0 Å². The average Bonchev–Trinajstić information content (AvgIpc) is 3.27. The van der Waals surface area contributed by atoms with Gasteiger partial charge in [0.1, 0.15) is 0 Å². The van der Waals surface area contributed by atoms with Crippen molar-refractivity contribution in [1.29, 1.82) is 0 Å². The maximum atomic E-state index is 13.3. The standard InChI is InChI=1S/C26H31ClN4O3/c1-34-15-5-13-28-25(32)18-30-14-4-6-21(30)17-31-26(33)23-8-3-2-7-22(23)24(29-31)16-19-9-11-20(27)12-10-19/h2-3,7-12,21H,4-6,13-18H2,1H3,(H,28,32). The van der Waals surface area contributed by atoms with Crippen LogP contribution in [0.25, 0.3) is 10.8 Å². The van der Waals surface area contributed by atoms with Crippen LogP contribution in [-0.2, 0) is 22.5 Å². The number of nitrogens with zero attached hydrogens (tertiary/aromatic N) is 3. The van der Waals surface area contributed by atoms with Crippen LogP contribution in [0.15, 0.2) is 53.3 Å². The first-order valence-corrected chi connectivity index (χ1v) is 12.2. The lowest BCUT2D eigenvalue weighted by Crippen LogP contribution is -2.43. The molecule has 2 aromatic carbocycles. The summed E-state index contributed by atoms with van der Waals surface area (Å²) < 4.78 is 6.62. The van der Waals surface area contributed by atoms with E-state index in [0.29, 0.717) is 43.1 Å². The van der Waals surface area contributed by atoms with Gasteiger partial charge in [0.25, 0.3) is 5.56 Å². The Balaban J connectivity index is 1.53. The molecule has 0 saturated carbocycles. The molecule has 1 N–H and O–H groups in total. The highest BCUT2D eigenvalue weighted by atomic mass is 35.5. The lowest BCUT2D eigenvalue weighted by atomic mass is 10.0. The topological polar surface area (TPSA) is 76.5 Å². The molecule has 1 aliphatic rings. The van der Waals surface area contributed by atoms with E-state index in [9.17, 15) is 9.59 Å². The van der Waals surface area contributed by atoms with Gasteiger partial charge in [0.15, 0.2) is 0 Å². The smallest absolute Gasteiger partial charge is 0.274 e. The minimum Gasteiger partial charge on any atom is -0.385 e. The van der Waals surface area contributed by atoms with Gasteiger partial charge < -0.3 is 10.1 Å². The number of carbonyl (C=O) groups is 1. The Kier molecular flexibility index (Phi) is 8.32. The lowest BCUT2D eigenvalue weighted by Gasteiger charge is -2.24. The molecule has 180 valence electrons. The Hall–Kier alpha value is -2.74. The van der Waals surface area contributed by atoms with Crippen LogP contribution in [-0.4, -0.2) is 60.0 Å². The summed E-state index contributed by atoms with van der Waals surface area (Å²) in [5.74, 6) is 0.00486. The molecule has 1 saturated heterocycles. The second kappa shape index (κ2) is 11.6. The number of ether oxygens (including phenoxy) is 1. The van der Waals surface area contributed by atoms with Gasteiger partial charge in [-0.15, -0.1) is 0 Å². The van der Waals surface area contributed by atoms with Gasteiger partial charge in [-0.25, -0.2) is 4.68 Å². The number of likely N-dealkylation sites (tertiary alicyclic amines) is 1. The second-order valence-corrected chi connectivity index (χ2v) is 9.18. The highest BCUT2D eigenvalue weighted by Gasteiger charge is 2.27. The van der Waals surface area contributed by atoms with Crippen LogP contribution >= 0.6 is 11.6 Å². The molecule has 4 rings (SSSR count). The first-order valence-electron chi connectivity index (χ1n) is 11.8. The average molecular weight is 483 g/mol. The first-order chi connectivity index (χ1) is 16.5. The largest absolute Gasteiger partial charge is 0.385 e. The number of carbonyl (C=O) groups excluding carboxylic acids is 1. The molecule has 1 aliphatic heterocycles. The van der Waals surface area contributed by atoms with E-state index in [1.807, 2.05) is 48.5 Å². The second-order valence-electron chi connectivity index (χ2n) is 8.75. The summed E-state index contributed by atoms with van der Waals surface area (Å²) in [7, 11) is 1.65. The number of benzene rings is 2. The maximum Gasteiger partial charge on any atom is 0.274 e. The summed E-state index contributed by atoms with van der Waals surface area (Å²) in [5, 5.41) is 9.98. The molecule has 1 unspecified atom stereocenters. The fourth-order valence-electron chi connectivity index (χ4n) is 4.55. The monoisotopic (exact) mass is 482 g/mol. The molecule has 7 nitrogen and oxygen atoms in total. The zero-order valence-electron chi connectivity index (χ0n) is 19.5. The molecular weight excluding hydrogens is 452 g/mol. The van der Waals surface area contributed by atoms with Gasteiger partial charge in [0.2, 0.25) is 5.91 Å². The van der Waals surface area contributed by atoms with Gasteiger partial charge >= 0.3 is 0 Å². The van der Waals surface area contributed by atoms with Gasteiger partial charge in [-0.1, -0.05) is 41.9 Å². The third-order valence-electron chi connectivity index (χ3n) is 6.31. The number of hydrogen-bond donors (Lipinski definition) is 1. The van der Waals surface area contributed by atoms with E-state index in [1.165, 1.54) is 0 Å². The van der Waals surface area contributed by atoms with Crippen LogP contribution < -0.4 is 10.9 Å². The molecule has 1 aromatic heterocycles. The van der Waals surface area contributed by atoms with Crippen molar-refractivity contribution in [3.63, 3.8) is 0 Å². The van der Waals surface area contributed by atoms with Crippen molar-refractivity contribution in [3.8, 4) is 0 Å². The number of halogens is 1. The van der Waals surface area contributed by atoms with Gasteiger partial charge in [-0.05, 0) is 49.6 Å². The van der Waals surface area contributed by atoms with Crippen LogP contribution in [0.5, 0.6) is 0 Å². The van der Waals surface area contributed by atoms with Gasteiger partial charge in [0.05, 0.1) is 24.2 Å². The normalized spacial score (nSPS) is 16.2. The van der Waals surface area contributed by atoms with Crippen LogP contribution in [0.1, 0.15) is 30.5 Å². The molecule has 2 heterocycles. The number of hydrogen-bond acceptors (Lipinski definition) is 5. The highest BCUT2D eigenvalue weighted by Crippen LogP contribution is 2.21. The SMILES string of the molecule is COCCCNC(=O)CN1CCCC1Cn1nc(Cc2ccc(Cl)cc2)c2ccccc2c1=O. The van der Waals surface area contributed by atoms with Gasteiger partial charge in [0, 0.05) is 43.1 Å². The number of fused-ring (bicyclic) bond motifs is 1. The van der Waals surface area contributed by atoms with E-state index in [0.717, 1.165) is 42.5 Å². The Morgan fingerprint density at radius 1 is 1.18 bits per heavy atom. The number of rotatable bonds is 10. The van der Waals surface area contributed by atoms with E-state index in [1.54, 1.807) is 11.8 Å². The van der Waals surface area contributed by atoms with Crippen molar-refractivity contribution < 1.29 is 9.53 Å². The summed E-state index contributed by atoms with van der Waals surface area (Å²) in [6, 6.07) is 15.4. The molecule has 8 heteroatoms. The predicted molar refractivity (Wildman–Crippen MR) is 134 cm³/mol. The number of aromatic nitrogens is 2. The van der Waals surface area contributed by atoms with Gasteiger partial charge in [-0.3, -0.25) is 14.5 Å². The molecule has 1 amide bonds. The van der Waals surface area contributed by atoms with Gasteiger partial charge in [-0.2, -0.15) is 5.10 Å². The zero-order valence-corrected chi connectivity index (χ0v) is 20.3. The zero-order chi connectivity index (χ0) is 23.9. The molecule has 0 radical (unpaired) electrons. The van der Waals surface area contributed by atoms with Crippen LogP contribution in [0.4, 0.5) is 0 Å². The van der Waals surface area contributed by atoms with E-state index in [-0.39, 0.29) is 17.5 Å². The summed E-state index contributed by atoms with van der Waals surface area (Å²) >= 11 is 6.04. The molecule has 1 atom stereocenters. The van der Waals surface area contributed by atoms with Crippen LogP contribution in [0.2, 0.25) is 5.02 Å². The van der Waals surface area contributed by atoms with Crippen molar-refractivity contribution in [2.24, 2.45) is 0 Å². The van der Waals surface area contributed by atoms with Crippen LogP contribution in [0, 0.1) is 0 Å². The Labute approximate surface area is 204 Å². The molecule has 0 spiro atoms. The molecular formula is C26H31ClN4O3. The number of nitrogens with one attached hydrogen (secondary N) is 1. The lowest BCUT2D eigenvalue weighted by molar-refractivity contribution is -0.122. The summed E-state index contributed by atoms with van der Waals surface area (Å²) in [4.78, 5) is 27.8. The van der Waals surface area contributed by atoms with Crippen molar-refractivity contribution in [2.75, 3.05) is 33.4 Å². The Morgan fingerprint density at radius 2 is 1.94 bits per heavy atom. The van der Waals surface area contributed by atoms with E-state index < -0.39 is 0 Å². The molecule has 1 fully saturated rings. The summed E-state index contributed by atoms with van der Waals surface area (Å²) in [5.41, 5.74) is 1.85. The third kappa shape index (κ3) is 6.03. The summed E-state index contributed by atoms with van der Waals surface area (Å²) in [6.45, 7) is 2.87. The maximum absolute atomic E-state index is 13.3. The molecule has 0 aliphatic carbocycles. The predicted octanol–water partition coefficient (Wildman–Crippen LogP) is 3.26. The minimum absolute atomic E-state index is 0.00486. The van der Waals surface area contributed by atoms with Crippen molar-refractivity contribution >= 4 is 28.3 Å². The minimum atomic E-state index is -0.0914. The van der Waals surface area contributed by atoms with Crippen molar-refractivity contribution in [2.45, 2.75) is 38.3 Å². The first kappa shape index (κ1) is 24.4. The molecule has 3 aromatic rings. The van der Waals surface area contributed by atoms with E-state index in [2.05, 4.69) is 10.2 Å². The quantitative estimate of drug-likeness (QED) is 0.449. The van der Waals surface area contributed by atoms with Crippen molar-refractivity contribution in [1.82, 2.24) is 20.0 Å². The Bertz CT molecular complexity index is 1180. The third-order valence-corrected chi connectivity index (χ3v) is 6.56. The fourth-order valence-corrected chi connectivity index (χ4v) is 4.68. The van der Waals surface area contributed by atoms with E-state index in [4.69, 9.17) is 21.4 Å². The van der Waals surface area contributed by atoms with Crippen molar-refractivity contribution in [3.05, 3.63) is 75.2 Å². The fraction of sp³-hybridized carbons (Fsp3) is 0.423. The van der Waals surface area contributed by atoms with Crippen LogP contribution in [0.3, 0.4) is 0 Å².